The maximum Gasteiger partial charge on any atom is 0.573 e. The quantitative estimate of drug-likeness (QED) is 0.827. The predicted octanol–water partition coefficient (Wildman–Crippen LogP) is 4.05. The van der Waals surface area contributed by atoms with Crippen molar-refractivity contribution in [3.05, 3.63) is 51.9 Å². The summed E-state index contributed by atoms with van der Waals surface area (Å²) in [5.74, 6) is -0.339. The lowest BCUT2D eigenvalue weighted by molar-refractivity contribution is -0.274. The minimum atomic E-state index is -4.75. The van der Waals surface area contributed by atoms with Gasteiger partial charge in [0.15, 0.2) is 0 Å². The molecule has 1 aromatic heterocycles. The van der Waals surface area contributed by atoms with Gasteiger partial charge in [-0.3, -0.25) is 4.79 Å². The lowest BCUT2D eigenvalue weighted by atomic mass is 10.3. The Morgan fingerprint density at radius 3 is 2.76 bits per heavy atom. The summed E-state index contributed by atoms with van der Waals surface area (Å²) in [4.78, 5) is 14.3. The van der Waals surface area contributed by atoms with Crippen LogP contribution in [0.15, 0.2) is 46.2 Å². The summed E-state index contributed by atoms with van der Waals surface area (Å²) < 4.78 is 42.9. The normalized spacial score (nSPS) is 11.2. The highest BCUT2D eigenvalue weighted by Gasteiger charge is 2.31. The van der Waals surface area contributed by atoms with Crippen LogP contribution in [0, 0.1) is 0 Å². The number of benzene rings is 1. The topological polar surface area (TPSA) is 54.1 Å². The van der Waals surface area contributed by atoms with E-state index in [2.05, 4.69) is 14.4 Å². The van der Waals surface area contributed by atoms with Crippen LogP contribution in [0.4, 0.5) is 18.9 Å². The van der Waals surface area contributed by atoms with Gasteiger partial charge in [-0.15, -0.1) is 13.2 Å². The first-order chi connectivity index (χ1) is 9.83. The number of pyridine rings is 1. The van der Waals surface area contributed by atoms with E-state index in [1.807, 2.05) is 0 Å². The van der Waals surface area contributed by atoms with Crippen molar-refractivity contribution >= 4 is 29.2 Å². The van der Waals surface area contributed by atoms with Crippen molar-refractivity contribution in [2.75, 3.05) is 4.72 Å². The SMILES string of the molecule is O=c1[nH]cc(Cl)cc1NSc1cccc(OC(F)(F)F)c1. The van der Waals surface area contributed by atoms with Gasteiger partial charge in [0.1, 0.15) is 11.4 Å². The Morgan fingerprint density at radius 2 is 2.05 bits per heavy atom. The van der Waals surface area contributed by atoms with Gasteiger partial charge in [-0.1, -0.05) is 17.7 Å². The lowest BCUT2D eigenvalue weighted by Crippen LogP contribution is -2.17. The zero-order valence-electron chi connectivity index (χ0n) is 10.2. The lowest BCUT2D eigenvalue weighted by Gasteiger charge is -2.10. The standard InChI is InChI=1S/C12H8ClF3N2O2S/c13-7-4-10(11(19)17-6-7)18-21-9-3-1-2-8(5-9)20-12(14,15)16/h1-6,18H,(H,17,19). The van der Waals surface area contributed by atoms with Crippen LogP contribution in [0.25, 0.3) is 0 Å². The van der Waals surface area contributed by atoms with Crippen molar-refractivity contribution in [2.24, 2.45) is 0 Å². The third-order valence-electron chi connectivity index (χ3n) is 2.19. The smallest absolute Gasteiger partial charge is 0.406 e. The highest BCUT2D eigenvalue weighted by Crippen LogP contribution is 2.27. The Hall–Kier alpha value is -1.80. The van der Waals surface area contributed by atoms with E-state index in [4.69, 9.17) is 11.6 Å². The van der Waals surface area contributed by atoms with Gasteiger partial charge >= 0.3 is 6.36 Å². The number of alkyl halides is 3. The molecule has 2 rings (SSSR count). The summed E-state index contributed by atoms with van der Waals surface area (Å²) in [5, 5.41) is 0.326. The molecule has 0 aliphatic heterocycles. The van der Waals surface area contributed by atoms with Gasteiger partial charge in [0.05, 0.1) is 5.02 Å². The van der Waals surface area contributed by atoms with E-state index in [1.54, 1.807) is 6.07 Å². The van der Waals surface area contributed by atoms with E-state index in [0.717, 1.165) is 11.9 Å². The molecule has 0 aliphatic carbocycles. The summed E-state index contributed by atoms with van der Waals surface area (Å²) >= 11 is 6.69. The monoisotopic (exact) mass is 336 g/mol. The summed E-state index contributed by atoms with van der Waals surface area (Å²) in [5.41, 5.74) is -0.204. The van der Waals surface area contributed by atoms with Crippen molar-refractivity contribution in [1.82, 2.24) is 4.98 Å². The summed E-state index contributed by atoms with van der Waals surface area (Å²) in [6.45, 7) is 0. The van der Waals surface area contributed by atoms with Gasteiger partial charge < -0.3 is 14.4 Å². The molecule has 0 aliphatic rings. The van der Waals surface area contributed by atoms with Crippen molar-refractivity contribution in [3.8, 4) is 5.75 Å². The molecule has 0 saturated heterocycles. The molecule has 2 N–H and O–H groups in total. The number of hydrogen-bond acceptors (Lipinski definition) is 4. The number of rotatable bonds is 4. The van der Waals surface area contributed by atoms with Gasteiger partial charge in [0.25, 0.3) is 5.56 Å². The van der Waals surface area contributed by atoms with E-state index in [0.29, 0.717) is 9.92 Å². The van der Waals surface area contributed by atoms with E-state index in [-0.39, 0.29) is 11.4 Å². The minimum absolute atomic E-state index is 0.189. The first kappa shape index (κ1) is 15.6. The van der Waals surface area contributed by atoms with Gasteiger partial charge in [-0.25, -0.2) is 0 Å². The second-order valence-corrected chi connectivity index (χ2v) is 5.10. The molecule has 0 amide bonds. The zero-order chi connectivity index (χ0) is 15.5. The number of anilines is 1. The fourth-order valence-electron chi connectivity index (χ4n) is 1.38. The molecule has 21 heavy (non-hydrogen) atoms. The first-order valence-electron chi connectivity index (χ1n) is 5.50. The average Bonchev–Trinajstić information content (AvgIpc) is 2.38. The Morgan fingerprint density at radius 1 is 1.29 bits per heavy atom. The third-order valence-corrected chi connectivity index (χ3v) is 3.22. The van der Waals surface area contributed by atoms with Gasteiger partial charge in [-0.2, -0.15) is 0 Å². The largest absolute Gasteiger partial charge is 0.573 e. The number of aromatic amines is 1. The van der Waals surface area contributed by atoms with Crippen LogP contribution >= 0.6 is 23.5 Å². The van der Waals surface area contributed by atoms with Crippen LogP contribution in [-0.4, -0.2) is 11.3 Å². The molecule has 0 unspecified atom stereocenters. The average molecular weight is 337 g/mol. The molecule has 0 bridgehead atoms. The molecular weight excluding hydrogens is 329 g/mol. The number of H-pyrrole nitrogens is 1. The van der Waals surface area contributed by atoms with E-state index in [9.17, 15) is 18.0 Å². The Kier molecular flexibility index (Phi) is 4.69. The number of halogens is 4. The highest BCUT2D eigenvalue weighted by molar-refractivity contribution is 8.00. The summed E-state index contributed by atoms with van der Waals surface area (Å²) in [6.07, 6.45) is -3.42. The zero-order valence-corrected chi connectivity index (χ0v) is 11.8. The summed E-state index contributed by atoms with van der Waals surface area (Å²) in [7, 11) is 0. The van der Waals surface area contributed by atoms with Crippen molar-refractivity contribution in [3.63, 3.8) is 0 Å². The highest BCUT2D eigenvalue weighted by atomic mass is 35.5. The number of aromatic nitrogens is 1. The molecular formula is C12H8ClF3N2O2S. The van der Waals surface area contributed by atoms with Gasteiger partial charge in [0.2, 0.25) is 0 Å². The van der Waals surface area contributed by atoms with Gasteiger partial charge in [-0.05, 0) is 36.2 Å². The first-order valence-corrected chi connectivity index (χ1v) is 6.70. The van der Waals surface area contributed by atoms with Crippen molar-refractivity contribution in [1.29, 1.82) is 0 Å². The molecule has 0 saturated carbocycles. The van der Waals surface area contributed by atoms with Crippen LogP contribution in [-0.2, 0) is 0 Å². The van der Waals surface area contributed by atoms with Crippen LogP contribution in [0.2, 0.25) is 5.02 Å². The van der Waals surface area contributed by atoms with E-state index >= 15 is 0 Å². The molecule has 1 heterocycles. The third kappa shape index (κ3) is 4.91. The Balaban J connectivity index is 2.08. The Bertz CT molecular complexity index is 691. The maximum absolute atomic E-state index is 12.1. The maximum atomic E-state index is 12.1. The van der Waals surface area contributed by atoms with E-state index < -0.39 is 11.9 Å². The predicted molar refractivity (Wildman–Crippen MR) is 74.7 cm³/mol. The van der Waals surface area contributed by atoms with Crippen LogP contribution in [0.1, 0.15) is 0 Å². The molecule has 4 nitrogen and oxygen atoms in total. The molecule has 9 heteroatoms. The van der Waals surface area contributed by atoms with Crippen LogP contribution < -0.4 is 15.0 Å². The number of ether oxygens (including phenoxy) is 1. The second-order valence-electron chi connectivity index (χ2n) is 3.79. The minimum Gasteiger partial charge on any atom is -0.406 e. The molecule has 0 radical (unpaired) electrons. The Labute approximate surface area is 126 Å². The van der Waals surface area contributed by atoms with Crippen molar-refractivity contribution in [2.45, 2.75) is 11.3 Å². The van der Waals surface area contributed by atoms with Crippen LogP contribution in [0.3, 0.4) is 0 Å². The molecule has 0 atom stereocenters. The molecule has 0 fully saturated rings. The van der Waals surface area contributed by atoms with Crippen LogP contribution in [0.5, 0.6) is 5.75 Å². The number of nitrogens with one attached hydrogen (secondary N) is 2. The fourth-order valence-corrected chi connectivity index (χ4v) is 2.25. The van der Waals surface area contributed by atoms with Gasteiger partial charge in [0, 0.05) is 11.1 Å². The second kappa shape index (κ2) is 6.31. The molecule has 112 valence electrons. The molecule has 0 spiro atoms. The number of hydrogen-bond donors (Lipinski definition) is 2. The molecule has 1 aromatic carbocycles. The fraction of sp³-hybridized carbons (Fsp3) is 0.0833. The molecule has 2 aromatic rings. The summed E-state index contributed by atoms with van der Waals surface area (Å²) in [6, 6.07) is 6.77. The van der Waals surface area contributed by atoms with E-state index in [1.165, 1.54) is 30.5 Å². The van der Waals surface area contributed by atoms with Crippen molar-refractivity contribution < 1.29 is 17.9 Å².